The molecule has 20 heavy (non-hydrogen) atoms. The first-order valence-electron chi connectivity index (χ1n) is 6.53. The Hall–Kier alpha value is -1.45. The highest BCUT2D eigenvalue weighted by atomic mass is 35.5. The maximum absolute atomic E-state index is 13.8. The van der Waals surface area contributed by atoms with Crippen molar-refractivity contribution < 1.29 is 8.78 Å². The van der Waals surface area contributed by atoms with E-state index in [-0.39, 0.29) is 17.7 Å². The summed E-state index contributed by atoms with van der Waals surface area (Å²) >= 11 is 6.13. The summed E-state index contributed by atoms with van der Waals surface area (Å²) in [4.78, 5) is 0. The molecule has 0 aliphatic heterocycles. The van der Waals surface area contributed by atoms with Crippen LogP contribution in [0.15, 0.2) is 42.5 Å². The molecule has 4 heteroatoms. The van der Waals surface area contributed by atoms with Crippen molar-refractivity contribution in [1.29, 1.82) is 0 Å². The van der Waals surface area contributed by atoms with Gasteiger partial charge in [0.15, 0.2) is 0 Å². The van der Waals surface area contributed by atoms with Crippen LogP contribution < -0.4 is 5.32 Å². The Morgan fingerprint density at radius 1 is 1.15 bits per heavy atom. The molecule has 0 aromatic heterocycles. The highest BCUT2D eigenvalue weighted by molar-refractivity contribution is 6.31. The Balaban J connectivity index is 2.32. The van der Waals surface area contributed by atoms with Crippen LogP contribution in [0.2, 0.25) is 5.02 Å². The maximum Gasteiger partial charge on any atom is 0.126 e. The number of hydrogen-bond acceptors (Lipinski definition) is 1. The van der Waals surface area contributed by atoms with Gasteiger partial charge in [0, 0.05) is 11.1 Å². The lowest BCUT2D eigenvalue weighted by atomic mass is 9.98. The molecular weight excluding hydrogens is 280 g/mol. The Morgan fingerprint density at radius 3 is 2.60 bits per heavy atom. The Bertz CT molecular complexity index is 586. The van der Waals surface area contributed by atoms with Crippen LogP contribution in [0.4, 0.5) is 8.78 Å². The quantitative estimate of drug-likeness (QED) is 0.855. The summed E-state index contributed by atoms with van der Waals surface area (Å²) in [7, 11) is 0. The zero-order valence-electron chi connectivity index (χ0n) is 11.2. The molecule has 0 aliphatic carbocycles. The summed E-state index contributed by atoms with van der Waals surface area (Å²) in [5.41, 5.74) is 1.23. The van der Waals surface area contributed by atoms with Gasteiger partial charge in [0.05, 0.1) is 0 Å². The molecule has 0 saturated heterocycles. The van der Waals surface area contributed by atoms with E-state index in [0.29, 0.717) is 29.1 Å². The van der Waals surface area contributed by atoms with Gasteiger partial charge < -0.3 is 5.32 Å². The maximum atomic E-state index is 13.8. The Labute approximate surface area is 122 Å². The lowest BCUT2D eigenvalue weighted by molar-refractivity contribution is 0.524. The fourth-order valence-corrected chi connectivity index (χ4v) is 2.45. The van der Waals surface area contributed by atoms with Gasteiger partial charge in [-0.1, -0.05) is 36.7 Å². The molecule has 0 radical (unpaired) electrons. The Morgan fingerprint density at radius 2 is 1.90 bits per heavy atom. The molecule has 1 N–H and O–H groups in total. The van der Waals surface area contributed by atoms with Crippen LogP contribution in [0.25, 0.3) is 0 Å². The number of rotatable bonds is 5. The van der Waals surface area contributed by atoms with Gasteiger partial charge in [-0.05, 0) is 48.4 Å². The molecular formula is C16H16ClF2N. The molecule has 0 spiro atoms. The molecule has 2 aromatic rings. The normalized spacial score (nSPS) is 12.4. The average Bonchev–Trinajstić information content (AvgIpc) is 2.43. The van der Waals surface area contributed by atoms with Crippen LogP contribution >= 0.6 is 11.6 Å². The molecule has 1 nitrogen and oxygen atoms in total. The van der Waals surface area contributed by atoms with E-state index in [2.05, 4.69) is 5.32 Å². The van der Waals surface area contributed by atoms with Crippen molar-refractivity contribution in [3.8, 4) is 0 Å². The lowest BCUT2D eigenvalue weighted by Gasteiger charge is -2.20. The molecule has 0 fully saturated rings. The summed E-state index contributed by atoms with van der Waals surface area (Å²) < 4.78 is 27.2. The van der Waals surface area contributed by atoms with Crippen LogP contribution in [0.3, 0.4) is 0 Å². The summed E-state index contributed by atoms with van der Waals surface area (Å²) in [6.45, 7) is 2.63. The van der Waals surface area contributed by atoms with E-state index >= 15 is 0 Å². The zero-order valence-corrected chi connectivity index (χ0v) is 11.9. The first kappa shape index (κ1) is 14.9. The van der Waals surface area contributed by atoms with Crippen molar-refractivity contribution in [3.63, 3.8) is 0 Å². The van der Waals surface area contributed by atoms with Crippen molar-refractivity contribution >= 4 is 11.6 Å². The van der Waals surface area contributed by atoms with Crippen molar-refractivity contribution in [2.45, 2.75) is 19.4 Å². The number of halogens is 3. The third kappa shape index (κ3) is 3.56. The second-order valence-electron chi connectivity index (χ2n) is 4.57. The van der Waals surface area contributed by atoms with Crippen molar-refractivity contribution in [2.75, 3.05) is 6.54 Å². The molecule has 0 heterocycles. The third-order valence-corrected chi connectivity index (χ3v) is 3.51. The molecule has 1 unspecified atom stereocenters. The minimum absolute atomic E-state index is 0.222. The largest absolute Gasteiger partial charge is 0.310 e. The predicted molar refractivity (Wildman–Crippen MR) is 77.9 cm³/mol. The van der Waals surface area contributed by atoms with Crippen molar-refractivity contribution in [2.24, 2.45) is 0 Å². The monoisotopic (exact) mass is 295 g/mol. The second-order valence-corrected chi connectivity index (χ2v) is 4.98. The fraction of sp³-hybridized carbons (Fsp3) is 0.250. The van der Waals surface area contributed by atoms with E-state index in [4.69, 9.17) is 11.6 Å². The first-order chi connectivity index (χ1) is 9.61. The molecule has 106 valence electrons. The van der Waals surface area contributed by atoms with Crippen molar-refractivity contribution in [1.82, 2.24) is 5.32 Å². The van der Waals surface area contributed by atoms with Gasteiger partial charge in [-0.2, -0.15) is 0 Å². The van der Waals surface area contributed by atoms with E-state index in [0.717, 1.165) is 0 Å². The van der Waals surface area contributed by atoms with Gasteiger partial charge in [-0.3, -0.25) is 0 Å². The van der Waals surface area contributed by atoms with Gasteiger partial charge in [0.1, 0.15) is 11.6 Å². The second kappa shape index (κ2) is 6.82. The van der Waals surface area contributed by atoms with Crippen LogP contribution in [-0.2, 0) is 6.42 Å². The average molecular weight is 296 g/mol. The summed E-state index contributed by atoms with van der Waals surface area (Å²) in [5.74, 6) is -0.608. The number of hydrogen-bond donors (Lipinski definition) is 1. The van der Waals surface area contributed by atoms with Gasteiger partial charge in [0.25, 0.3) is 0 Å². The molecule has 0 aliphatic rings. The van der Waals surface area contributed by atoms with Crippen LogP contribution in [0.5, 0.6) is 0 Å². The summed E-state index contributed by atoms with van der Waals surface area (Å²) in [6, 6.07) is 10.6. The molecule has 1 atom stereocenters. The van der Waals surface area contributed by atoms with E-state index in [9.17, 15) is 8.78 Å². The molecule has 2 aromatic carbocycles. The summed E-state index contributed by atoms with van der Waals surface area (Å²) in [5, 5.41) is 3.71. The zero-order chi connectivity index (χ0) is 14.5. The van der Waals surface area contributed by atoms with Crippen LogP contribution in [0.1, 0.15) is 24.1 Å². The predicted octanol–water partition coefficient (Wildman–Crippen LogP) is 4.51. The Kier molecular flexibility index (Phi) is 5.10. The smallest absolute Gasteiger partial charge is 0.126 e. The van der Waals surface area contributed by atoms with Gasteiger partial charge in [-0.25, -0.2) is 8.78 Å². The fourth-order valence-electron chi connectivity index (χ4n) is 2.20. The van der Waals surface area contributed by atoms with Crippen LogP contribution in [-0.4, -0.2) is 6.54 Å². The topological polar surface area (TPSA) is 12.0 Å². The van der Waals surface area contributed by atoms with Gasteiger partial charge in [-0.15, -0.1) is 0 Å². The number of likely N-dealkylation sites (N-methyl/N-ethyl adjacent to an activating group) is 1. The number of nitrogens with one attached hydrogen (secondary N) is 1. The van der Waals surface area contributed by atoms with E-state index in [1.54, 1.807) is 18.2 Å². The SMILES string of the molecule is CCNC(Cc1ccccc1F)c1cc(F)ccc1Cl. The van der Waals surface area contributed by atoms with Crippen molar-refractivity contribution in [3.05, 3.63) is 70.2 Å². The van der Waals surface area contributed by atoms with E-state index in [1.165, 1.54) is 24.3 Å². The van der Waals surface area contributed by atoms with E-state index in [1.807, 2.05) is 6.92 Å². The summed E-state index contributed by atoms with van der Waals surface area (Å²) in [6.07, 6.45) is 0.420. The minimum atomic E-state index is -0.346. The van der Waals surface area contributed by atoms with E-state index < -0.39 is 0 Å². The molecule has 2 rings (SSSR count). The highest BCUT2D eigenvalue weighted by Gasteiger charge is 2.17. The molecule has 0 saturated carbocycles. The first-order valence-corrected chi connectivity index (χ1v) is 6.91. The van der Waals surface area contributed by atoms with Gasteiger partial charge in [0.2, 0.25) is 0 Å². The molecule has 0 amide bonds. The highest BCUT2D eigenvalue weighted by Crippen LogP contribution is 2.27. The van der Waals surface area contributed by atoms with Gasteiger partial charge >= 0.3 is 0 Å². The number of benzene rings is 2. The third-order valence-electron chi connectivity index (χ3n) is 3.17. The van der Waals surface area contributed by atoms with Crippen LogP contribution in [0, 0.1) is 11.6 Å². The molecule has 0 bridgehead atoms. The standard InChI is InChI=1S/C16H16ClF2N/c1-2-20-16(9-11-5-3-4-6-15(11)19)13-10-12(18)7-8-14(13)17/h3-8,10,16,20H,2,9H2,1H3. The lowest BCUT2D eigenvalue weighted by Crippen LogP contribution is -2.23. The minimum Gasteiger partial charge on any atom is -0.310 e.